The Labute approximate surface area is 195 Å². The molecular weight excluding hydrogens is 440 g/mol. The first-order valence-corrected chi connectivity index (χ1v) is 12.3. The number of thiazole rings is 1. The molecule has 0 unspecified atom stereocenters. The highest BCUT2D eigenvalue weighted by atomic mass is 32.1. The van der Waals surface area contributed by atoms with E-state index in [2.05, 4.69) is 26.3 Å². The van der Waals surface area contributed by atoms with Crippen LogP contribution in [0.15, 0.2) is 30.6 Å². The van der Waals surface area contributed by atoms with Gasteiger partial charge < -0.3 is 19.9 Å². The molecule has 1 aliphatic heterocycles. The van der Waals surface area contributed by atoms with Crippen LogP contribution in [0.3, 0.4) is 0 Å². The fourth-order valence-corrected chi connectivity index (χ4v) is 5.93. The maximum absolute atomic E-state index is 12.5. The summed E-state index contributed by atoms with van der Waals surface area (Å²) in [5, 5.41) is 13.5. The van der Waals surface area contributed by atoms with Crippen molar-refractivity contribution < 1.29 is 19.4 Å². The van der Waals surface area contributed by atoms with Crippen LogP contribution in [-0.2, 0) is 20.9 Å². The molecule has 3 aromatic rings. The molecule has 2 aromatic heterocycles. The molecule has 3 aliphatic rings. The lowest BCUT2D eigenvalue weighted by Crippen LogP contribution is -2.54. The van der Waals surface area contributed by atoms with E-state index < -0.39 is 0 Å². The lowest BCUT2D eigenvalue weighted by atomic mass is 9.60. The van der Waals surface area contributed by atoms with E-state index in [9.17, 15) is 9.90 Å². The quantitative estimate of drug-likeness (QED) is 0.572. The number of anilines is 1. The van der Waals surface area contributed by atoms with Crippen molar-refractivity contribution in [2.24, 2.45) is 11.3 Å². The van der Waals surface area contributed by atoms with Gasteiger partial charge in [0.2, 0.25) is 5.91 Å². The molecule has 3 heterocycles. The second kappa shape index (κ2) is 8.39. The Morgan fingerprint density at radius 1 is 1.21 bits per heavy atom. The normalized spacial score (nSPS) is 24.0. The molecule has 2 atom stereocenters. The number of carbonyl (C=O) groups excluding carboxylic acids is 1. The van der Waals surface area contributed by atoms with Crippen molar-refractivity contribution in [1.82, 2.24) is 15.0 Å². The highest BCUT2D eigenvalue weighted by molar-refractivity contribution is 7.22. The Morgan fingerprint density at radius 2 is 2.03 bits per heavy atom. The van der Waals surface area contributed by atoms with Crippen LogP contribution in [0.1, 0.15) is 37.9 Å². The minimum atomic E-state index is -0.382. The summed E-state index contributed by atoms with van der Waals surface area (Å²) in [5.74, 6) is 0.726. The molecule has 6 rings (SSSR count). The molecule has 3 fully saturated rings. The Balaban J connectivity index is 1.10. The summed E-state index contributed by atoms with van der Waals surface area (Å²) in [4.78, 5) is 26.0. The molecule has 1 saturated heterocycles. The van der Waals surface area contributed by atoms with Gasteiger partial charge in [0.15, 0.2) is 11.0 Å². The average molecular weight is 467 g/mol. The zero-order valence-electron chi connectivity index (χ0n) is 18.2. The van der Waals surface area contributed by atoms with Crippen molar-refractivity contribution in [3.63, 3.8) is 0 Å². The molecule has 33 heavy (non-hydrogen) atoms. The highest BCUT2D eigenvalue weighted by Crippen LogP contribution is 2.51. The van der Waals surface area contributed by atoms with Gasteiger partial charge in [0, 0.05) is 29.3 Å². The number of hydrogen-bond acceptors (Lipinski definition) is 8. The summed E-state index contributed by atoms with van der Waals surface area (Å²) in [7, 11) is 0. The zero-order valence-corrected chi connectivity index (χ0v) is 19.0. The van der Waals surface area contributed by atoms with Crippen LogP contribution in [0.25, 0.3) is 21.3 Å². The van der Waals surface area contributed by atoms with Crippen molar-refractivity contribution in [2.45, 2.75) is 50.9 Å². The number of aromatic nitrogens is 3. The summed E-state index contributed by atoms with van der Waals surface area (Å²) in [6.07, 6.45) is 7.58. The number of ether oxygens (including phenoxy) is 2. The lowest BCUT2D eigenvalue weighted by Gasteiger charge is -2.52. The maximum atomic E-state index is 12.5. The Bertz CT molecular complexity index is 1170. The van der Waals surface area contributed by atoms with Crippen LogP contribution in [-0.4, -0.2) is 51.4 Å². The molecule has 0 bridgehead atoms. The Kier molecular flexibility index (Phi) is 5.37. The van der Waals surface area contributed by atoms with Gasteiger partial charge in [-0.3, -0.25) is 4.79 Å². The molecular formula is C24H26N4O4S. The van der Waals surface area contributed by atoms with Gasteiger partial charge in [0.1, 0.15) is 6.61 Å². The fraction of sp³-hybridized carbons (Fsp3) is 0.500. The average Bonchev–Trinajstić information content (AvgIpc) is 3.35. The van der Waals surface area contributed by atoms with Crippen molar-refractivity contribution in [1.29, 1.82) is 0 Å². The monoisotopic (exact) mass is 466 g/mol. The van der Waals surface area contributed by atoms with Crippen LogP contribution in [0.2, 0.25) is 0 Å². The maximum Gasteiger partial charge on any atom is 0.229 e. The first-order valence-electron chi connectivity index (χ1n) is 11.5. The largest absolute Gasteiger partial charge is 0.390 e. The third-order valence-electron chi connectivity index (χ3n) is 7.05. The van der Waals surface area contributed by atoms with Crippen LogP contribution in [0, 0.1) is 11.3 Å². The van der Waals surface area contributed by atoms with Gasteiger partial charge in [-0.1, -0.05) is 17.4 Å². The summed E-state index contributed by atoms with van der Waals surface area (Å²) in [5.41, 5.74) is 3.03. The van der Waals surface area contributed by atoms with E-state index in [-0.39, 0.29) is 29.4 Å². The molecule has 2 aliphatic carbocycles. The predicted molar refractivity (Wildman–Crippen MR) is 124 cm³/mol. The second-order valence-electron chi connectivity index (χ2n) is 9.52. The molecule has 9 heteroatoms. The number of benzene rings is 1. The number of aliphatic hydroxyl groups excluding tert-OH is 1. The molecule has 0 radical (unpaired) electrons. The van der Waals surface area contributed by atoms with Gasteiger partial charge in [0.05, 0.1) is 35.6 Å². The number of carbonyl (C=O) groups is 1. The van der Waals surface area contributed by atoms with E-state index in [1.54, 1.807) is 12.4 Å². The number of aliphatic hydroxyl groups is 1. The van der Waals surface area contributed by atoms with Gasteiger partial charge in [-0.2, -0.15) is 0 Å². The molecule has 2 saturated carbocycles. The first kappa shape index (κ1) is 21.1. The van der Waals surface area contributed by atoms with E-state index in [0.717, 1.165) is 66.7 Å². The van der Waals surface area contributed by atoms with Gasteiger partial charge >= 0.3 is 0 Å². The predicted octanol–water partition coefficient (Wildman–Crippen LogP) is 3.55. The van der Waals surface area contributed by atoms with Crippen molar-refractivity contribution >= 4 is 32.6 Å². The molecule has 1 aromatic carbocycles. The van der Waals surface area contributed by atoms with E-state index >= 15 is 0 Å². The second-order valence-corrected chi connectivity index (χ2v) is 10.6. The number of hydrogen-bond donors (Lipinski definition) is 2. The van der Waals surface area contributed by atoms with Crippen LogP contribution >= 0.6 is 11.3 Å². The van der Waals surface area contributed by atoms with Crippen LogP contribution in [0.5, 0.6) is 0 Å². The summed E-state index contributed by atoms with van der Waals surface area (Å²) < 4.78 is 12.1. The van der Waals surface area contributed by atoms with Crippen LogP contribution in [0.4, 0.5) is 5.13 Å². The minimum Gasteiger partial charge on any atom is -0.390 e. The molecule has 8 nitrogen and oxygen atoms in total. The van der Waals surface area contributed by atoms with Gasteiger partial charge in [-0.05, 0) is 49.8 Å². The van der Waals surface area contributed by atoms with E-state index in [1.807, 2.05) is 12.1 Å². The van der Waals surface area contributed by atoms with Crippen LogP contribution < -0.4 is 5.32 Å². The van der Waals surface area contributed by atoms with E-state index in [0.29, 0.717) is 17.6 Å². The highest BCUT2D eigenvalue weighted by Gasteiger charge is 2.52. The third kappa shape index (κ3) is 4.14. The van der Waals surface area contributed by atoms with Gasteiger partial charge in [-0.15, -0.1) is 0 Å². The van der Waals surface area contributed by atoms with E-state index in [1.165, 1.54) is 11.3 Å². The number of nitrogens with zero attached hydrogens (tertiary/aromatic N) is 3. The van der Waals surface area contributed by atoms with Gasteiger partial charge in [-0.25, -0.2) is 15.0 Å². The topological polar surface area (TPSA) is 106 Å². The summed E-state index contributed by atoms with van der Waals surface area (Å²) >= 11 is 1.48. The molecule has 1 spiro atoms. The van der Waals surface area contributed by atoms with E-state index in [4.69, 9.17) is 9.47 Å². The number of nitrogens with one attached hydrogen (secondary N) is 1. The van der Waals surface area contributed by atoms with Crippen molar-refractivity contribution in [3.05, 3.63) is 36.4 Å². The third-order valence-corrected chi connectivity index (χ3v) is 7.98. The number of rotatable bonds is 6. The standard InChI is InChI=1S/C24H26N4O4S/c29-18-2-1-3-19(18)32-11-21-25-9-16(10-26-21)14-4-5-17-20(6-14)33-23(27-17)28-22(30)15-7-24(8-15)12-31-13-24/h4-6,9-10,15,18-19,29H,1-3,7-8,11-13H2,(H,27,28,30)/t18-,19-/m0/s1. The number of amides is 1. The van der Waals surface area contributed by atoms with Gasteiger partial charge in [0.25, 0.3) is 0 Å². The molecule has 172 valence electrons. The Morgan fingerprint density at radius 3 is 2.73 bits per heavy atom. The first-order chi connectivity index (χ1) is 16.1. The lowest BCUT2D eigenvalue weighted by molar-refractivity contribution is -0.181. The minimum absolute atomic E-state index is 0.0585. The van der Waals surface area contributed by atoms with Crippen molar-refractivity contribution in [2.75, 3.05) is 18.5 Å². The summed E-state index contributed by atoms with van der Waals surface area (Å²) in [6.45, 7) is 1.89. The Hall–Kier alpha value is -2.46. The smallest absolute Gasteiger partial charge is 0.229 e. The SMILES string of the molecule is O=C(Nc1nc2ccc(-c3cnc(CO[C@H]4CCC[C@@H]4O)nc3)cc2s1)C1CC2(COC2)C1. The number of fused-ring (bicyclic) bond motifs is 1. The molecule has 2 N–H and O–H groups in total. The fourth-order valence-electron chi connectivity index (χ4n) is 5.02. The zero-order chi connectivity index (χ0) is 22.4. The summed E-state index contributed by atoms with van der Waals surface area (Å²) in [6, 6.07) is 6.00. The van der Waals surface area contributed by atoms with Crippen molar-refractivity contribution in [3.8, 4) is 11.1 Å². The molecule has 1 amide bonds.